The van der Waals surface area contributed by atoms with Crippen LogP contribution >= 0.6 is 0 Å². The van der Waals surface area contributed by atoms with Crippen LogP contribution < -0.4 is 20.1 Å². The van der Waals surface area contributed by atoms with Crippen LogP contribution in [0.15, 0.2) is 28.5 Å². The largest absolute Gasteiger partial charge is 0.493 e. The molecule has 2 N–H and O–H groups in total. The molecule has 3 heterocycles. The van der Waals surface area contributed by atoms with Gasteiger partial charge in [-0.1, -0.05) is 6.07 Å². The summed E-state index contributed by atoms with van der Waals surface area (Å²) in [6.07, 6.45) is -0.0997. The third kappa shape index (κ3) is 6.34. The van der Waals surface area contributed by atoms with Crippen molar-refractivity contribution in [1.29, 1.82) is 5.26 Å². The third-order valence-electron chi connectivity index (χ3n) is 9.96. The lowest BCUT2D eigenvalue weighted by Gasteiger charge is -2.60. The number of nitrogens with zero attached hydrogens (tertiary/aromatic N) is 3. The zero-order valence-corrected chi connectivity index (χ0v) is 30.4. The number of alkyl carbamates (subject to hydrolysis) is 1. The van der Waals surface area contributed by atoms with Crippen LogP contribution in [0.1, 0.15) is 63.8 Å². The lowest BCUT2D eigenvalue weighted by Crippen LogP contribution is -2.71. The molecule has 14 heteroatoms. The first kappa shape index (κ1) is 36.8. The summed E-state index contributed by atoms with van der Waals surface area (Å²) in [5.74, 6) is -0.298. The highest BCUT2D eigenvalue weighted by atomic mass is 16.7. The number of aryl methyl sites for hydroxylation is 1. The van der Waals surface area contributed by atoms with E-state index in [9.17, 15) is 24.4 Å². The lowest BCUT2D eigenvalue weighted by atomic mass is 9.69. The second-order valence-electron chi connectivity index (χ2n) is 14.2. The summed E-state index contributed by atoms with van der Waals surface area (Å²) >= 11 is 0. The maximum atomic E-state index is 14.1. The lowest BCUT2D eigenvalue weighted by molar-refractivity contribution is -0.125. The van der Waals surface area contributed by atoms with Crippen LogP contribution in [0.3, 0.4) is 0 Å². The van der Waals surface area contributed by atoms with Crippen molar-refractivity contribution in [1.82, 2.24) is 20.4 Å². The topological polar surface area (TPSA) is 169 Å². The smallest absolute Gasteiger partial charge is 0.408 e. The summed E-state index contributed by atoms with van der Waals surface area (Å²) in [5.41, 5.74) is 2.68. The first-order chi connectivity index (χ1) is 23.6. The number of Topliss-reactive ketones (excluding diaryl/α,β-unsaturated/α-hetero) is 2. The number of carbonyl (C=O) groups is 4. The van der Waals surface area contributed by atoms with Crippen LogP contribution in [0.5, 0.6) is 11.5 Å². The van der Waals surface area contributed by atoms with Gasteiger partial charge >= 0.3 is 6.09 Å². The number of benzene rings is 1. The molecule has 2 unspecified atom stereocenters. The van der Waals surface area contributed by atoms with Crippen molar-refractivity contribution in [2.24, 2.45) is 0 Å². The fourth-order valence-electron chi connectivity index (χ4n) is 7.95. The molecule has 3 aliphatic heterocycles. The van der Waals surface area contributed by atoms with E-state index >= 15 is 0 Å². The number of methoxy groups -OCH3 is 3. The van der Waals surface area contributed by atoms with Crippen molar-refractivity contribution < 1.29 is 42.9 Å². The van der Waals surface area contributed by atoms with Crippen molar-refractivity contribution in [3.63, 3.8) is 0 Å². The van der Waals surface area contributed by atoms with Gasteiger partial charge in [0.05, 0.1) is 32.4 Å². The Morgan fingerprint density at radius 2 is 1.76 bits per heavy atom. The molecule has 5 rings (SSSR count). The van der Waals surface area contributed by atoms with E-state index in [4.69, 9.17) is 23.7 Å². The SMILES string of the molecule is COCOc1c(OC)c(C)cc2c1[C@@H]1C3CC4=C(C(=O)C(OC)=C(C)C4=O)[C@H](CNC(=O)C(C)NC(=O)OC(C)(C)C)N3[C@@H](C#N)[C@@H](C2)N1C. The number of fused-ring (bicyclic) bond motifs is 6. The van der Waals surface area contributed by atoms with Crippen molar-refractivity contribution in [2.75, 3.05) is 41.7 Å². The Balaban J connectivity index is 1.62. The Kier molecular flexibility index (Phi) is 10.3. The highest BCUT2D eigenvalue weighted by Crippen LogP contribution is 2.54. The molecule has 1 aliphatic carbocycles. The quantitative estimate of drug-likeness (QED) is 0.287. The molecule has 2 bridgehead atoms. The number of nitriles is 1. The second-order valence-corrected chi connectivity index (χ2v) is 14.2. The number of ketones is 2. The van der Waals surface area contributed by atoms with Crippen LogP contribution in [0.4, 0.5) is 4.79 Å². The molecule has 1 saturated heterocycles. The van der Waals surface area contributed by atoms with Crippen molar-refractivity contribution in [3.05, 3.63) is 45.2 Å². The van der Waals surface area contributed by atoms with E-state index in [1.54, 1.807) is 34.8 Å². The Morgan fingerprint density at radius 1 is 1.06 bits per heavy atom. The van der Waals surface area contributed by atoms with Gasteiger partial charge in [-0.2, -0.15) is 5.26 Å². The summed E-state index contributed by atoms with van der Waals surface area (Å²) in [6, 6.07) is 0.775. The van der Waals surface area contributed by atoms with Gasteiger partial charge in [-0.25, -0.2) is 4.79 Å². The van der Waals surface area contributed by atoms with E-state index in [0.29, 0.717) is 23.5 Å². The minimum absolute atomic E-state index is 0.0302. The first-order valence-corrected chi connectivity index (χ1v) is 16.7. The highest BCUT2D eigenvalue weighted by Gasteiger charge is 2.58. The molecule has 4 aliphatic rings. The van der Waals surface area contributed by atoms with Gasteiger partial charge < -0.3 is 34.3 Å². The van der Waals surface area contributed by atoms with E-state index in [1.807, 2.05) is 18.9 Å². The molecule has 6 atom stereocenters. The summed E-state index contributed by atoms with van der Waals surface area (Å²) in [6.45, 7) is 10.0. The summed E-state index contributed by atoms with van der Waals surface area (Å²) in [4.78, 5) is 58.1. The van der Waals surface area contributed by atoms with Gasteiger partial charge in [0.15, 0.2) is 29.8 Å². The molecule has 1 fully saturated rings. The van der Waals surface area contributed by atoms with E-state index in [-0.39, 0.29) is 48.5 Å². The number of ether oxygens (including phenoxy) is 5. The average molecular weight is 694 g/mol. The summed E-state index contributed by atoms with van der Waals surface area (Å²) < 4.78 is 28.1. The average Bonchev–Trinajstić information content (AvgIpc) is 3.04. The monoisotopic (exact) mass is 693 g/mol. The minimum atomic E-state index is -0.986. The fourth-order valence-corrected chi connectivity index (χ4v) is 7.95. The number of nitrogens with one attached hydrogen (secondary N) is 2. The number of rotatable bonds is 9. The summed E-state index contributed by atoms with van der Waals surface area (Å²) in [7, 11) is 6.41. The van der Waals surface area contributed by atoms with E-state index in [0.717, 1.165) is 16.7 Å². The predicted molar refractivity (Wildman–Crippen MR) is 180 cm³/mol. The Morgan fingerprint density at radius 3 is 2.36 bits per heavy atom. The van der Waals surface area contributed by atoms with Crippen LogP contribution in [-0.4, -0.2) is 111 Å². The number of piperazine rings is 1. The van der Waals surface area contributed by atoms with Crippen LogP contribution in [0, 0.1) is 18.3 Å². The molecule has 1 aromatic rings. The molecule has 50 heavy (non-hydrogen) atoms. The number of hydrogen-bond acceptors (Lipinski definition) is 12. The maximum Gasteiger partial charge on any atom is 0.408 e. The van der Waals surface area contributed by atoms with Gasteiger partial charge in [0, 0.05) is 48.0 Å². The van der Waals surface area contributed by atoms with Gasteiger partial charge in [-0.3, -0.25) is 24.2 Å². The molecular weight excluding hydrogens is 646 g/mol. The van der Waals surface area contributed by atoms with E-state index < -0.39 is 53.6 Å². The van der Waals surface area contributed by atoms with Crippen LogP contribution in [-0.2, 0) is 35.0 Å². The van der Waals surface area contributed by atoms with Gasteiger partial charge in [-0.05, 0) is 72.6 Å². The molecular formula is C36H47N5O9. The number of likely N-dealkylation sites (N-methyl/N-ethyl adjacent to an activating group) is 1. The molecule has 0 aromatic heterocycles. The zero-order valence-electron chi connectivity index (χ0n) is 30.4. The maximum absolute atomic E-state index is 14.1. The molecule has 0 spiro atoms. The van der Waals surface area contributed by atoms with Gasteiger partial charge in [0.1, 0.15) is 17.7 Å². The van der Waals surface area contributed by atoms with Gasteiger partial charge in [0.25, 0.3) is 0 Å². The molecule has 270 valence electrons. The fraction of sp³-hybridized carbons (Fsp3) is 0.583. The van der Waals surface area contributed by atoms with Gasteiger partial charge in [0.2, 0.25) is 11.7 Å². The summed E-state index contributed by atoms with van der Waals surface area (Å²) in [5, 5.41) is 16.2. The number of amides is 2. The van der Waals surface area contributed by atoms with Crippen molar-refractivity contribution >= 4 is 23.6 Å². The molecule has 1 aromatic carbocycles. The molecule has 2 amide bonds. The molecule has 0 saturated carbocycles. The van der Waals surface area contributed by atoms with Crippen LogP contribution in [0.2, 0.25) is 0 Å². The minimum Gasteiger partial charge on any atom is -0.493 e. The standard InChI is InChI=1S/C36H47N5O9/c1-17-11-20-12-22-24(14-37)41-23(28(40(22)7)26(20)33(31(17)47-9)49-16-46-8)13-21-27(30(43)32(48-10)18(2)29(21)42)25(41)15-38-34(44)19(3)39-35(45)50-36(4,5)6/h11,19,22-25,28H,12-13,15-16H2,1-10H3,(H,38,44)(H,39,45)/t19?,22-,23?,24+,25+,28+/m1/s1. The number of hydrogen-bond donors (Lipinski definition) is 2. The van der Waals surface area contributed by atoms with Crippen molar-refractivity contribution in [3.8, 4) is 17.6 Å². The Labute approximate surface area is 292 Å². The van der Waals surface area contributed by atoms with Gasteiger partial charge in [-0.15, -0.1) is 0 Å². The normalized spacial score (nSPS) is 25.5. The number of carbonyl (C=O) groups excluding carboxylic acids is 4. The third-order valence-corrected chi connectivity index (χ3v) is 9.96. The molecule has 0 radical (unpaired) electrons. The molecule has 14 nitrogen and oxygen atoms in total. The second kappa shape index (κ2) is 14.0. The Hall–Kier alpha value is -4.45. The van der Waals surface area contributed by atoms with E-state index in [1.165, 1.54) is 21.1 Å². The van der Waals surface area contributed by atoms with E-state index in [2.05, 4.69) is 27.7 Å². The first-order valence-electron chi connectivity index (χ1n) is 16.7. The number of allylic oxidation sites excluding steroid dienone is 2. The predicted octanol–water partition coefficient (Wildman–Crippen LogP) is 2.63. The Bertz CT molecular complexity index is 1700. The van der Waals surface area contributed by atoms with Crippen molar-refractivity contribution in [2.45, 2.75) is 96.2 Å². The van der Waals surface area contributed by atoms with Crippen LogP contribution in [0.25, 0.3) is 0 Å². The zero-order chi connectivity index (χ0) is 36.8. The highest BCUT2D eigenvalue weighted by molar-refractivity contribution is 6.25.